The molecule has 108 valence electrons. The predicted molar refractivity (Wildman–Crippen MR) is 76.7 cm³/mol. The SMILES string of the molecule is CCCC(C)N(C)S(=O)(=O)c1ccc(Cl)c(CO)c1. The first-order valence-corrected chi connectivity index (χ1v) is 8.03. The normalized spacial score (nSPS) is 13.8. The average Bonchev–Trinajstić information content (AvgIpc) is 2.38. The number of aliphatic hydroxyl groups excluding tert-OH is 1. The minimum Gasteiger partial charge on any atom is -0.392 e. The van der Waals surface area contributed by atoms with Crippen LogP contribution >= 0.6 is 11.6 Å². The zero-order valence-corrected chi connectivity index (χ0v) is 13.0. The molecule has 1 atom stereocenters. The Morgan fingerprint density at radius 3 is 2.58 bits per heavy atom. The number of nitrogens with zero attached hydrogens (tertiary/aromatic N) is 1. The maximum absolute atomic E-state index is 12.4. The lowest BCUT2D eigenvalue weighted by Crippen LogP contribution is -2.35. The van der Waals surface area contributed by atoms with E-state index in [0.29, 0.717) is 10.6 Å². The van der Waals surface area contributed by atoms with Gasteiger partial charge in [-0.2, -0.15) is 4.31 Å². The van der Waals surface area contributed by atoms with Gasteiger partial charge in [0.2, 0.25) is 10.0 Å². The first-order chi connectivity index (χ1) is 8.84. The molecule has 1 unspecified atom stereocenters. The Morgan fingerprint density at radius 2 is 2.05 bits per heavy atom. The molecule has 0 saturated heterocycles. The fourth-order valence-electron chi connectivity index (χ4n) is 1.84. The Bertz CT molecular complexity index is 531. The Hall–Kier alpha value is -0.620. The Balaban J connectivity index is 3.13. The van der Waals surface area contributed by atoms with E-state index in [1.807, 2.05) is 13.8 Å². The second-order valence-electron chi connectivity index (χ2n) is 4.57. The van der Waals surface area contributed by atoms with Crippen LogP contribution in [0.25, 0.3) is 0 Å². The van der Waals surface area contributed by atoms with Crippen molar-refractivity contribution in [2.24, 2.45) is 0 Å². The van der Waals surface area contributed by atoms with Crippen LogP contribution in [0.2, 0.25) is 5.02 Å². The lowest BCUT2D eigenvalue weighted by atomic mass is 10.2. The minimum absolute atomic E-state index is 0.0664. The molecule has 0 radical (unpaired) electrons. The lowest BCUT2D eigenvalue weighted by Gasteiger charge is -2.24. The van der Waals surface area contributed by atoms with Crippen molar-refractivity contribution in [3.05, 3.63) is 28.8 Å². The molecule has 0 aliphatic rings. The maximum atomic E-state index is 12.4. The predicted octanol–water partition coefficient (Wildman–Crippen LogP) is 2.64. The smallest absolute Gasteiger partial charge is 0.243 e. The third-order valence-electron chi connectivity index (χ3n) is 3.19. The van der Waals surface area contributed by atoms with Crippen LogP contribution in [-0.2, 0) is 16.6 Å². The van der Waals surface area contributed by atoms with E-state index in [0.717, 1.165) is 12.8 Å². The molecule has 0 bridgehead atoms. The third-order valence-corrected chi connectivity index (χ3v) is 5.53. The number of halogens is 1. The number of hydrogen-bond donors (Lipinski definition) is 1. The molecule has 0 amide bonds. The Morgan fingerprint density at radius 1 is 1.42 bits per heavy atom. The minimum atomic E-state index is -3.55. The molecule has 0 spiro atoms. The van der Waals surface area contributed by atoms with E-state index in [-0.39, 0.29) is 17.5 Å². The first kappa shape index (κ1) is 16.4. The van der Waals surface area contributed by atoms with E-state index in [9.17, 15) is 8.42 Å². The quantitative estimate of drug-likeness (QED) is 0.879. The zero-order chi connectivity index (χ0) is 14.6. The highest BCUT2D eigenvalue weighted by atomic mass is 35.5. The van der Waals surface area contributed by atoms with Gasteiger partial charge in [-0.3, -0.25) is 0 Å². The topological polar surface area (TPSA) is 57.6 Å². The summed E-state index contributed by atoms with van der Waals surface area (Å²) < 4.78 is 26.2. The van der Waals surface area contributed by atoms with Crippen LogP contribution in [-0.4, -0.2) is 30.9 Å². The van der Waals surface area contributed by atoms with Crippen molar-refractivity contribution in [1.82, 2.24) is 4.31 Å². The summed E-state index contributed by atoms with van der Waals surface area (Å²) in [6.45, 7) is 3.61. The van der Waals surface area contributed by atoms with Crippen LogP contribution < -0.4 is 0 Å². The van der Waals surface area contributed by atoms with Gasteiger partial charge >= 0.3 is 0 Å². The molecule has 1 N–H and O–H groups in total. The molecule has 19 heavy (non-hydrogen) atoms. The molecule has 0 fully saturated rings. The van der Waals surface area contributed by atoms with E-state index in [1.165, 1.54) is 22.5 Å². The van der Waals surface area contributed by atoms with Crippen molar-refractivity contribution in [3.8, 4) is 0 Å². The first-order valence-electron chi connectivity index (χ1n) is 6.21. The summed E-state index contributed by atoms with van der Waals surface area (Å²) in [6.07, 6.45) is 1.72. The van der Waals surface area contributed by atoms with Gasteiger partial charge in [-0.25, -0.2) is 8.42 Å². The van der Waals surface area contributed by atoms with Crippen molar-refractivity contribution in [2.45, 2.75) is 44.2 Å². The standard InChI is InChI=1S/C13H20ClNO3S/c1-4-5-10(2)15(3)19(17,18)12-6-7-13(14)11(8-12)9-16/h6-8,10,16H,4-5,9H2,1-3H3. The summed E-state index contributed by atoms with van der Waals surface area (Å²) in [5.41, 5.74) is 0.416. The molecule has 1 aromatic rings. The van der Waals surface area contributed by atoms with Gasteiger partial charge in [0.05, 0.1) is 11.5 Å². The fraction of sp³-hybridized carbons (Fsp3) is 0.538. The second-order valence-corrected chi connectivity index (χ2v) is 6.97. The molecule has 6 heteroatoms. The third kappa shape index (κ3) is 3.69. The van der Waals surface area contributed by atoms with Crippen molar-refractivity contribution in [1.29, 1.82) is 0 Å². The van der Waals surface area contributed by atoms with Gasteiger partial charge in [0.1, 0.15) is 0 Å². The molecular weight excluding hydrogens is 286 g/mol. The number of benzene rings is 1. The zero-order valence-electron chi connectivity index (χ0n) is 11.4. The molecular formula is C13H20ClNO3S. The molecule has 4 nitrogen and oxygen atoms in total. The number of aliphatic hydroxyl groups is 1. The van der Waals surface area contributed by atoms with Crippen LogP contribution in [0.4, 0.5) is 0 Å². The van der Waals surface area contributed by atoms with Gasteiger partial charge in [-0.1, -0.05) is 24.9 Å². The van der Waals surface area contributed by atoms with Crippen LogP contribution in [0.3, 0.4) is 0 Å². The Kier molecular flexibility index (Phi) is 5.80. The lowest BCUT2D eigenvalue weighted by molar-refractivity contribution is 0.281. The summed E-state index contributed by atoms with van der Waals surface area (Å²) in [6, 6.07) is 4.32. The molecule has 0 aromatic heterocycles. The highest BCUT2D eigenvalue weighted by Gasteiger charge is 2.25. The van der Waals surface area contributed by atoms with Crippen LogP contribution in [0.1, 0.15) is 32.3 Å². The van der Waals surface area contributed by atoms with Crippen molar-refractivity contribution in [3.63, 3.8) is 0 Å². The van der Waals surface area contributed by atoms with Gasteiger partial charge in [-0.15, -0.1) is 0 Å². The monoisotopic (exact) mass is 305 g/mol. The van der Waals surface area contributed by atoms with E-state index in [4.69, 9.17) is 16.7 Å². The van der Waals surface area contributed by atoms with Crippen molar-refractivity contribution >= 4 is 21.6 Å². The van der Waals surface area contributed by atoms with Crippen molar-refractivity contribution in [2.75, 3.05) is 7.05 Å². The summed E-state index contributed by atoms with van der Waals surface area (Å²) in [5, 5.41) is 9.51. The fourth-order valence-corrected chi connectivity index (χ4v) is 3.46. The summed E-state index contributed by atoms with van der Waals surface area (Å²) in [4.78, 5) is 0.159. The van der Waals surface area contributed by atoms with Gasteiger partial charge in [-0.05, 0) is 37.1 Å². The highest BCUT2D eigenvalue weighted by molar-refractivity contribution is 7.89. The molecule has 0 saturated carbocycles. The summed E-state index contributed by atoms with van der Waals surface area (Å²) in [5.74, 6) is 0. The highest BCUT2D eigenvalue weighted by Crippen LogP contribution is 2.24. The van der Waals surface area contributed by atoms with Crippen LogP contribution in [0.15, 0.2) is 23.1 Å². The number of rotatable bonds is 6. The van der Waals surface area contributed by atoms with Gasteiger partial charge in [0.25, 0.3) is 0 Å². The number of sulfonamides is 1. The van der Waals surface area contributed by atoms with E-state index in [2.05, 4.69) is 0 Å². The van der Waals surface area contributed by atoms with Crippen LogP contribution in [0, 0.1) is 0 Å². The average molecular weight is 306 g/mol. The molecule has 0 heterocycles. The largest absolute Gasteiger partial charge is 0.392 e. The van der Waals surface area contributed by atoms with E-state index >= 15 is 0 Å². The van der Waals surface area contributed by atoms with E-state index in [1.54, 1.807) is 7.05 Å². The molecule has 0 aliphatic heterocycles. The molecule has 1 rings (SSSR count). The van der Waals surface area contributed by atoms with Crippen molar-refractivity contribution < 1.29 is 13.5 Å². The molecule has 0 aliphatic carbocycles. The van der Waals surface area contributed by atoms with Gasteiger partial charge < -0.3 is 5.11 Å². The molecule has 1 aromatic carbocycles. The van der Waals surface area contributed by atoms with E-state index < -0.39 is 10.0 Å². The summed E-state index contributed by atoms with van der Waals surface area (Å²) >= 11 is 5.87. The van der Waals surface area contributed by atoms with Crippen LogP contribution in [0.5, 0.6) is 0 Å². The maximum Gasteiger partial charge on any atom is 0.243 e. The number of hydrogen-bond acceptors (Lipinski definition) is 3. The van der Waals surface area contributed by atoms with Gasteiger partial charge in [0.15, 0.2) is 0 Å². The Labute approximate surface area is 120 Å². The van der Waals surface area contributed by atoms with Gasteiger partial charge in [0, 0.05) is 18.1 Å². The summed E-state index contributed by atoms with van der Waals surface area (Å²) in [7, 11) is -1.97. The second kappa shape index (κ2) is 6.70.